The van der Waals surface area contributed by atoms with Gasteiger partial charge in [0.25, 0.3) is 0 Å². The normalized spacial score (nSPS) is 11.4. The Labute approximate surface area is 124 Å². The molecule has 0 bridgehead atoms. The van der Waals surface area contributed by atoms with Crippen molar-refractivity contribution in [1.29, 1.82) is 5.26 Å². The van der Waals surface area contributed by atoms with E-state index < -0.39 is 11.7 Å². The summed E-state index contributed by atoms with van der Waals surface area (Å²) in [5.41, 5.74) is 1.05. The first-order valence-electron chi connectivity index (χ1n) is 6.46. The molecule has 1 heterocycles. The van der Waals surface area contributed by atoms with Crippen LogP contribution in [-0.2, 0) is 6.18 Å². The molecule has 0 unspecified atom stereocenters. The van der Waals surface area contributed by atoms with E-state index in [1.165, 1.54) is 6.07 Å². The van der Waals surface area contributed by atoms with Gasteiger partial charge < -0.3 is 0 Å². The highest BCUT2D eigenvalue weighted by atomic mass is 19.4. The van der Waals surface area contributed by atoms with Crippen molar-refractivity contribution in [3.63, 3.8) is 0 Å². The van der Waals surface area contributed by atoms with Gasteiger partial charge in [-0.05, 0) is 35.9 Å². The smallest absolute Gasteiger partial charge is 0.256 e. The first-order valence-corrected chi connectivity index (χ1v) is 6.46. The standard InChI is InChI=1S/C17H9F3N2/c18-17(19,20)12-4-1-3-11(9-12)13-6-7-16-14(15(13)10-21)5-2-8-22-16/h1-9H. The highest BCUT2D eigenvalue weighted by Crippen LogP contribution is 2.34. The third kappa shape index (κ3) is 2.40. The van der Waals surface area contributed by atoms with Gasteiger partial charge in [0.05, 0.1) is 16.6 Å². The van der Waals surface area contributed by atoms with Crippen LogP contribution in [0.5, 0.6) is 0 Å². The number of alkyl halides is 3. The third-order valence-corrected chi connectivity index (χ3v) is 3.40. The largest absolute Gasteiger partial charge is 0.416 e. The topological polar surface area (TPSA) is 36.7 Å². The van der Waals surface area contributed by atoms with Crippen LogP contribution < -0.4 is 0 Å². The maximum absolute atomic E-state index is 12.8. The number of pyridine rings is 1. The monoisotopic (exact) mass is 298 g/mol. The van der Waals surface area contributed by atoms with Crippen LogP contribution in [0.15, 0.2) is 54.7 Å². The summed E-state index contributed by atoms with van der Waals surface area (Å²) in [6.45, 7) is 0. The summed E-state index contributed by atoms with van der Waals surface area (Å²) >= 11 is 0. The maximum Gasteiger partial charge on any atom is 0.416 e. The minimum atomic E-state index is -4.42. The number of nitrogens with zero attached hydrogens (tertiary/aromatic N) is 2. The molecular weight excluding hydrogens is 289 g/mol. The van der Waals surface area contributed by atoms with E-state index in [1.807, 2.05) is 0 Å². The molecule has 5 heteroatoms. The highest BCUT2D eigenvalue weighted by Gasteiger charge is 2.30. The van der Waals surface area contributed by atoms with Gasteiger partial charge in [-0.25, -0.2) is 0 Å². The summed E-state index contributed by atoms with van der Waals surface area (Å²) < 4.78 is 38.5. The zero-order valence-electron chi connectivity index (χ0n) is 11.2. The van der Waals surface area contributed by atoms with E-state index in [4.69, 9.17) is 0 Å². The number of hydrogen-bond acceptors (Lipinski definition) is 2. The van der Waals surface area contributed by atoms with Gasteiger partial charge in [-0.15, -0.1) is 0 Å². The number of nitriles is 1. The van der Waals surface area contributed by atoms with Crippen molar-refractivity contribution in [2.75, 3.05) is 0 Å². The van der Waals surface area contributed by atoms with Gasteiger partial charge in [-0.2, -0.15) is 18.4 Å². The van der Waals surface area contributed by atoms with Crippen LogP contribution in [0.4, 0.5) is 13.2 Å². The van der Waals surface area contributed by atoms with Crippen LogP contribution in [0, 0.1) is 11.3 Å². The number of hydrogen-bond donors (Lipinski definition) is 0. The van der Waals surface area contributed by atoms with Gasteiger partial charge >= 0.3 is 6.18 Å². The van der Waals surface area contributed by atoms with Crippen molar-refractivity contribution < 1.29 is 13.2 Å². The zero-order chi connectivity index (χ0) is 15.7. The van der Waals surface area contributed by atoms with E-state index in [-0.39, 0.29) is 0 Å². The Kier molecular flexibility index (Phi) is 3.30. The molecule has 0 spiro atoms. The second-order valence-electron chi connectivity index (χ2n) is 4.75. The third-order valence-electron chi connectivity index (χ3n) is 3.40. The Hall–Kier alpha value is -2.87. The Bertz CT molecular complexity index is 892. The molecule has 0 aliphatic carbocycles. The Morgan fingerprint density at radius 2 is 1.82 bits per heavy atom. The lowest BCUT2D eigenvalue weighted by atomic mass is 9.95. The Morgan fingerprint density at radius 1 is 1.00 bits per heavy atom. The van der Waals surface area contributed by atoms with E-state index in [2.05, 4.69) is 11.1 Å². The minimum Gasteiger partial charge on any atom is -0.256 e. The second-order valence-corrected chi connectivity index (χ2v) is 4.75. The van der Waals surface area contributed by atoms with Crippen molar-refractivity contribution in [3.8, 4) is 17.2 Å². The summed E-state index contributed by atoms with van der Waals surface area (Å²) in [6, 6.07) is 13.8. The molecule has 0 N–H and O–H groups in total. The summed E-state index contributed by atoms with van der Waals surface area (Å²) in [7, 11) is 0. The van der Waals surface area contributed by atoms with Gasteiger partial charge in [-0.3, -0.25) is 4.98 Å². The average molecular weight is 298 g/mol. The quantitative estimate of drug-likeness (QED) is 0.647. The first kappa shape index (κ1) is 14.1. The van der Waals surface area contributed by atoms with Gasteiger partial charge in [0.15, 0.2) is 0 Å². The van der Waals surface area contributed by atoms with Crippen LogP contribution in [0.2, 0.25) is 0 Å². The maximum atomic E-state index is 12.8. The molecule has 0 saturated carbocycles. The predicted molar refractivity (Wildman–Crippen MR) is 76.9 cm³/mol. The van der Waals surface area contributed by atoms with E-state index in [1.54, 1.807) is 36.5 Å². The molecule has 0 aliphatic rings. The number of rotatable bonds is 1. The van der Waals surface area contributed by atoms with Crippen molar-refractivity contribution in [2.24, 2.45) is 0 Å². The van der Waals surface area contributed by atoms with Crippen LogP contribution in [0.3, 0.4) is 0 Å². The van der Waals surface area contributed by atoms with Gasteiger partial charge in [0.2, 0.25) is 0 Å². The van der Waals surface area contributed by atoms with E-state index in [0.717, 1.165) is 12.1 Å². The molecule has 108 valence electrons. The molecule has 22 heavy (non-hydrogen) atoms. The van der Waals surface area contributed by atoms with Crippen molar-refractivity contribution >= 4 is 10.9 Å². The molecule has 0 atom stereocenters. The van der Waals surface area contributed by atoms with Gasteiger partial charge in [-0.1, -0.05) is 18.2 Å². The molecule has 0 aliphatic heterocycles. The van der Waals surface area contributed by atoms with Crippen LogP contribution >= 0.6 is 0 Å². The van der Waals surface area contributed by atoms with Crippen molar-refractivity contribution in [3.05, 3.63) is 65.9 Å². The number of halogens is 3. The van der Waals surface area contributed by atoms with Crippen LogP contribution in [0.1, 0.15) is 11.1 Å². The molecule has 0 fully saturated rings. The molecule has 3 aromatic rings. The van der Waals surface area contributed by atoms with E-state index in [9.17, 15) is 18.4 Å². The van der Waals surface area contributed by atoms with Crippen LogP contribution in [-0.4, -0.2) is 4.98 Å². The minimum absolute atomic E-state index is 0.324. The summed E-state index contributed by atoms with van der Waals surface area (Å²) in [4.78, 5) is 4.15. The fourth-order valence-electron chi connectivity index (χ4n) is 2.38. The summed E-state index contributed by atoms with van der Waals surface area (Å²) in [6.07, 6.45) is -2.81. The zero-order valence-corrected chi connectivity index (χ0v) is 11.2. The molecule has 2 aromatic carbocycles. The van der Waals surface area contributed by atoms with E-state index >= 15 is 0 Å². The predicted octanol–water partition coefficient (Wildman–Crippen LogP) is 4.79. The Balaban J connectivity index is 2.25. The average Bonchev–Trinajstić information content (AvgIpc) is 2.53. The number of benzene rings is 2. The molecule has 1 aromatic heterocycles. The SMILES string of the molecule is N#Cc1c(-c2cccc(C(F)(F)F)c2)ccc2ncccc12. The molecule has 0 radical (unpaired) electrons. The lowest BCUT2D eigenvalue weighted by Gasteiger charge is -2.11. The van der Waals surface area contributed by atoms with Gasteiger partial charge in [0, 0.05) is 17.1 Å². The van der Waals surface area contributed by atoms with E-state index in [0.29, 0.717) is 27.6 Å². The lowest BCUT2D eigenvalue weighted by molar-refractivity contribution is -0.137. The molecular formula is C17H9F3N2. The highest BCUT2D eigenvalue weighted by molar-refractivity contribution is 5.92. The summed E-state index contributed by atoms with van der Waals surface area (Å²) in [5, 5.41) is 10.0. The summed E-state index contributed by atoms with van der Waals surface area (Å²) in [5.74, 6) is 0. The first-order chi connectivity index (χ1) is 10.5. The lowest BCUT2D eigenvalue weighted by Crippen LogP contribution is -2.04. The fourth-order valence-corrected chi connectivity index (χ4v) is 2.38. The fraction of sp³-hybridized carbons (Fsp3) is 0.0588. The molecule has 3 rings (SSSR count). The second kappa shape index (κ2) is 5.15. The number of fused-ring (bicyclic) bond motifs is 1. The molecule has 2 nitrogen and oxygen atoms in total. The van der Waals surface area contributed by atoms with Gasteiger partial charge in [0.1, 0.15) is 6.07 Å². The number of aromatic nitrogens is 1. The Morgan fingerprint density at radius 3 is 2.55 bits per heavy atom. The molecule has 0 amide bonds. The van der Waals surface area contributed by atoms with Crippen molar-refractivity contribution in [1.82, 2.24) is 4.98 Å². The van der Waals surface area contributed by atoms with Crippen molar-refractivity contribution in [2.45, 2.75) is 6.18 Å². The van der Waals surface area contributed by atoms with Crippen LogP contribution in [0.25, 0.3) is 22.0 Å². The molecule has 0 saturated heterocycles.